The lowest BCUT2D eigenvalue weighted by molar-refractivity contribution is -0.113. The number of aryl methyl sites for hydroxylation is 2. The summed E-state index contributed by atoms with van der Waals surface area (Å²) in [6.07, 6.45) is 5.38. The molecular weight excluding hydrogens is 412 g/mol. The minimum Gasteiger partial charge on any atom is -0.316 e. The average molecular weight is 435 g/mol. The predicted molar refractivity (Wildman–Crippen MR) is 122 cm³/mol. The minimum atomic E-state index is -0.140. The van der Waals surface area contributed by atoms with E-state index >= 15 is 0 Å². The number of thiophene rings is 1. The summed E-state index contributed by atoms with van der Waals surface area (Å²) in [6.45, 7) is 1.93. The second kappa shape index (κ2) is 9.41. The molecule has 2 heterocycles. The topological polar surface area (TPSA) is 78.7 Å². The molecule has 0 atom stereocenters. The molecule has 7 heteroatoms. The van der Waals surface area contributed by atoms with Gasteiger partial charge in [-0.2, -0.15) is 5.26 Å². The van der Waals surface area contributed by atoms with Crippen LogP contribution in [-0.2, 0) is 17.6 Å². The van der Waals surface area contributed by atoms with Gasteiger partial charge in [0.15, 0.2) is 5.16 Å². The fourth-order valence-corrected chi connectivity index (χ4v) is 5.56. The van der Waals surface area contributed by atoms with Crippen LogP contribution in [-0.4, -0.2) is 21.6 Å². The lowest BCUT2D eigenvalue weighted by Crippen LogP contribution is -2.14. The normalized spacial score (nSPS) is 13.2. The summed E-state index contributed by atoms with van der Waals surface area (Å²) < 4.78 is 0. The third-order valence-electron chi connectivity index (χ3n) is 5.02. The summed E-state index contributed by atoms with van der Waals surface area (Å²) in [5.41, 5.74) is 4.51. The summed E-state index contributed by atoms with van der Waals surface area (Å²) >= 11 is 2.87. The van der Waals surface area contributed by atoms with Crippen molar-refractivity contribution in [1.82, 2.24) is 9.97 Å². The van der Waals surface area contributed by atoms with Gasteiger partial charge in [0.1, 0.15) is 11.1 Å². The van der Waals surface area contributed by atoms with Crippen molar-refractivity contribution in [2.45, 2.75) is 44.2 Å². The van der Waals surface area contributed by atoms with Crippen LogP contribution in [0.5, 0.6) is 0 Å². The molecule has 1 aliphatic carbocycles. The molecule has 0 saturated heterocycles. The number of nitriles is 1. The van der Waals surface area contributed by atoms with E-state index in [2.05, 4.69) is 21.4 Å². The van der Waals surface area contributed by atoms with Crippen molar-refractivity contribution in [3.05, 3.63) is 58.1 Å². The van der Waals surface area contributed by atoms with E-state index in [1.165, 1.54) is 23.1 Å². The number of nitrogens with one attached hydrogen (secondary N) is 1. The molecule has 2 aromatic heterocycles. The van der Waals surface area contributed by atoms with Crippen LogP contribution in [0.4, 0.5) is 5.00 Å². The van der Waals surface area contributed by atoms with Crippen molar-refractivity contribution in [3.63, 3.8) is 0 Å². The van der Waals surface area contributed by atoms with Gasteiger partial charge >= 0.3 is 0 Å². The molecule has 0 saturated carbocycles. The SMILES string of the molecule is Cc1cc(-c2ccccc2)nc(SCC(=O)Nc2sc3c(c2C#N)CCCCC3)n1. The zero-order valence-electron chi connectivity index (χ0n) is 16.8. The lowest BCUT2D eigenvalue weighted by atomic mass is 10.1. The quantitative estimate of drug-likeness (QED) is 0.331. The first-order valence-corrected chi connectivity index (χ1v) is 11.8. The summed E-state index contributed by atoms with van der Waals surface area (Å²) in [6, 6.07) is 14.2. The van der Waals surface area contributed by atoms with Gasteiger partial charge in [0, 0.05) is 16.1 Å². The van der Waals surface area contributed by atoms with Crippen molar-refractivity contribution in [3.8, 4) is 17.3 Å². The van der Waals surface area contributed by atoms with Crippen molar-refractivity contribution in [2.75, 3.05) is 11.1 Å². The number of aromatic nitrogens is 2. The summed E-state index contributed by atoms with van der Waals surface area (Å²) in [4.78, 5) is 22.9. The van der Waals surface area contributed by atoms with Crippen molar-refractivity contribution in [2.24, 2.45) is 0 Å². The Bertz CT molecular complexity index is 1100. The highest BCUT2D eigenvalue weighted by Gasteiger charge is 2.21. The van der Waals surface area contributed by atoms with Crippen LogP contribution in [0, 0.1) is 18.3 Å². The van der Waals surface area contributed by atoms with Crippen molar-refractivity contribution in [1.29, 1.82) is 5.26 Å². The van der Waals surface area contributed by atoms with E-state index in [9.17, 15) is 10.1 Å². The van der Waals surface area contributed by atoms with Gasteiger partial charge in [0.25, 0.3) is 0 Å². The van der Waals surface area contributed by atoms with E-state index in [1.807, 2.05) is 43.3 Å². The predicted octanol–water partition coefficient (Wildman–Crippen LogP) is 5.38. The van der Waals surface area contributed by atoms with Gasteiger partial charge in [-0.25, -0.2) is 9.97 Å². The second-order valence-corrected chi connectivity index (χ2v) is 9.31. The van der Waals surface area contributed by atoms with E-state index in [-0.39, 0.29) is 11.7 Å². The summed E-state index contributed by atoms with van der Waals surface area (Å²) in [5.74, 6) is 0.0600. The molecule has 1 aliphatic rings. The second-order valence-electron chi connectivity index (χ2n) is 7.26. The zero-order chi connectivity index (χ0) is 20.9. The third-order valence-corrected chi connectivity index (χ3v) is 7.08. The van der Waals surface area contributed by atoms with Crippen LogP contribution in [0.2, 0.25) is 0 Å². The molecule has 30 heavy (non-hydrogen) atoms. The molecule has 5 nitrogen and oxygen atoms in total. The van der Waals surface area contributed by atoms with Crippen LogP contribution in [0.3, 0.4) is 0 Å². The number of anilines is 1. The molecule has 0 radical (unpaired) electrons. The zero-order valence-corrected chi connectivity index (χ0v) is 18.4. The fourth-order valence-electron chi connectivity index (χ4n) is 3.60. The number of nitrogens with zero attached hydrogens (tertiary/aromatic N) is 3. The highest BCUT2D eigenvalue weighted by atomic mass is 32.2. The Hall–Kier alpha value is -2.69. The molecule has 0 bridgehead atoms. The van der Waals surface area contributed by atoms with E-state index in [4.69, 9.17) is 0 Å². The first-order valence-electron chi connectivity index (χ1n) is 10.0. The molecule has 1 N–H and O–H groups in total. The minimum absolute atomic E-state index is 0.140. The van der Waals surface area contributed by atoms with E-state index in [1.54, 1.807) is 11.3 Å². The Morgan fingerprint density at radius 2 is 2.00 bits per heavy atom. The number of fused-ring (bicyclic) bond motifs is 1. The van der Waals surface area contributed by atoms with Gasteiger partial charge in [0.05, 0.1) is 17.0 Å². The van der Waals surface area contributed by atoms with E-state index < -0.39 is 0 Å². The monoisotopic (exact) mass is 434 g/mol. The third kappa shape index (κ3) is 4.72. The molecule has 0 spiro atoms. The van der Waals surface area contributed by atoms with Gasteiger partial charge in [-0.1, -0.05) is 48.5 Å². The Morgan fingerprint density at radius 3 is 2.80 bits per heavy atom. The largest absolute Gasteiger partial charge is 0.316 e. The Labute approximate surface area is 184 Å². The van der Waals surface area contributed by atoms with Crippen LogP contribution >= 0.6 is 23.1 Å². The Kier molecular flexibility index (Phi) is 6.46. The molecule has 3 aromatic rings. The molecule has 0 aliphatic heterocycles. The van der Waals surface area contributed by atoms with Crippen molar-refractivity contribution < 1.29 is 4.79 Å². The number of amides is 1. The van der Waals surface area contributed by atoms with Gasteiger partial charge in [0.2, 0.25) is 5.91 Å². The van der Waals surface area contributed by atoms with E-state index in [0.717, 1.165) is 48.2 Å². The van der Waals surface area contributed by atoms with Crippen molar-refractivity contribution >= 4 is 34.0 Å². The maximum Gasteiger partial charge on any atom is 0.235 e. The number of thioether (sulfide) groups is 1. The number of carbonyl (C=O) groups is 1. The van der Waals surface area contributed by atoms with Crippen LogP contribution in [0.25, 0.3) is 11.3 Å². The first-order chi connectivity index (χ1) is 14.6. The lowest BCUT2D eigenvalue weighted by Gasteiger charge is -2.07. The Morgan fingerprint density at radius 1 is 1.20 bits per heavy atom. The maximum atomic E-state index is 12.6. The smallest absolute Gasteiger partial charge is 0.235 e. The maximum absolute atomic E-state index is 12.6. The van der Waals surface area contributed by atoms with Crippen LogP contribution in [0.1, 0.15) is 41.0 Å². The highest BCUT2D eigenvalue weighted by molar-refractivity contribution is 7.99. The van der Waals surface area contributed by atoms with Gasteiger partial charge < -0.3 is 5.32 Å². The summed E-state index contributed by atoms with van der Waals surface area (Å²) in [5, 5.41) is 13.8. The number of benzene rings is 1. The van der Waals surface area contributed by atoms with Gasteiger partial charge in [-0.3, -0.25) is 4.79 Å². The Balaban J connectivity index is 1.45. The number of hydrogen-bond donors (Lipinski definition) is 1. The summed E-state index contributed by atoms with van der Waals surface area (Å²) in [7, 11) is 0. The van der Waals surface area contributed by atoms with Crippen LogP contribution in [0.15, 0.2) is 41.6 Å². The molecule has 0 unspecified atom stereocenters. The first kappa shape index (κ1) is 20.6. The number of carbonyl (C=O) groups excluding carboxylic acids is 1. The number of rotatable bonds is 5. The molecule has 0 fully saturated rings. The molecule has 1 aromatic carbocycles. The fraction of sp³-hybridized carbons (Fsp3) is 0.304. The average Bonchev–Trinajstić information content (AvgIpc) is 2.91. The number of hydrogen-bond acceptors (Lipinski definition) is 6. The van der Waals surface area contributed by atoms with Crippen LogP contribution < -0.4 is 5.32 Å². The molecule has 1 amide bonds. The van der Waals surface area contributed by atoms with Gasteiger partial charge in [-0.15, -0.1) is 11.3 Å². The molecule has 152 valence electrons. The molecule has 4 rings (SSSR count). The molecular formula is C23H22N4OS2. The standard InChI is InChI=1S/C23H22N4OS2/c1-15-12-19(16-8-4-2-5-9-16)26-23(25-15)29-14-21(28)27-22-18(13-24)17-10-6-3-7-11-20(17)30-22/h2,4-5,8-9,12H,3,6-7,10-11,14H2,1H3,(H,27,28). The van der Waals surface area contributed by atoms with E-state index in [0.29, 0.717) is 15.7 Å². The van der Waals surface area contributed by atoms with Gasteiger partial charge in [-0.05, 0) is 44.2 Å². The highest BCUT2D eigenvalue weighted by Crippen LogP contribution is 2.37.